The van der Waals surface area contributed by atoms with Gasteiger partial charge in [0.2, 0.25) is 0 Å². The number of aromatic nitrogens is 2. The highest BCUT2D eigenvalue weighted by molar-refractivity contribution is 7.20. The normalized spacial score (nSPS) is 12.7. The van der Waals surface area contributed by atoms with Crippen LogP contribution >= 0.6 is 11.3 Å². The number of aryl methyl sites for hydroxylation is 1. The van der Waals surface area contributed by atoms with Crippen molar-refractivity contribution in [1.29, 1.82) is 0 Å². The molecule has 0 saturated carbocycles. The Hall–Kier alpha value is -2.14. The fraction of sp³-hybridized carbons (Fsp3) is 0.333. The first-order valence-corrected chi connectivity index (χ1v) is 8.64. The summed E-state index contributed by atoms with van der Waals surface area (Å²) in [5, 5.41) is 8.71. The van der Waals surface area contributed by atoms with Crippen LogP contribution in [-0.2, 0) is 0 Å². The maximum atomic E-state index is 12.5. The van der Waals surface area contributed by atoms with Gasteiger partial charge in [-0.3, -0.25) is 4.79 Å². The molecule has 0 radical (unpaired) electrons. The minimum Gasteiger partial charge on any atom is -0.349 e. The molecule has 1 unspecified atom stereocenters. The third kappa shape index (κ3) is 3.01. The average molecular weight is 327 g/mol. The molecule has 1 atom stereocenters. The SMILES string of the molecule is Cc1nn(-c2ccccc2)c2sc(C(=O)NC(C)C(C)C)cc12. The summed E-state index contributed by atoms with van der Waals surface area (Å²) in [7, 11) is 0. The smallest absolute Gasteiger partial charge is 0.261 e. The van der Waals surface area contributed by atoms with Crippen molar-refractivity contribution in [2.75, 3.05) is 0 Å². The van der Waals surface area contributed by atoms with Crippen molar-refractivity contribution >= 4 is 27.5 Å². The van der Waals surface area contributed by atoms with Crippen LogP contribution in [0.2, 0.25) is 0 Å². The van der Waals surface area contributed by atoms with E-state index < -0.39 is 0 Å². The Morgan fingerprint density at radius 3 is 2.57 bits per heavy atom. The molecule has 2 aromatic heterocycles. The molecular formula is C18H21N3OS. The number of nitrogens with zero attached hydrogens (tertiary/aromatic N) is 2. The zero-order valence-electron chi connectivity index (χ0n) is 13.8. The Kier molecular flexibility index (Phi) is 4.22. The lowest BCUT2D eigenvalue weighted by atomic mass is 10.1. The zero-order chi connectivity index (χ0) is 16.6. The quantitative estimate of drug-likeness (QED) is 0.782. The number of fused-ring (bicyclic) bond motifs is 1. The number of nitrogens with one attached hydrogen (secondary N) is 1. The first kappa shape index (κ1) is 15.7. The number of para-hydroxylation sites is 1. The number of benzene rings is 1. The van der Waals surface area contributed by atoms with Crippen LogP contribution in [0, 0.1) is 12.8 Å². The van der Waals surface area contributed by atoms with E-state index in [0.29, 0.717) is 5.92 Å². The fourth-order valence-electron chi connectivity index (χ4n) is 2.35. The van der Waals surface area contributed by atoms with E-state index in [4.69, 9.17) is 0 Å². The van der Waals surface area contributed by atoms with E-state index in [2.05, 4.69) is 24.3 Å². The summed E-state index contributed by atoms with van der Waals surface area (Å²) >= 11 is 1.49. The van der Waals surface area contributed by atoms with Crippen LogP contribution in [0.3, 0.4) is 0 Å². The first-order valence-electron chi connectivity index (χ1n) is 7.83. The van der Waals surface area contributed by atoms with Crippen molar-refractivity contribution < 1.29 is 4.79 Å². The minimum atomic E-state index is -0.00795. The molecular weight excluding hydrogens is 306 g/mol. The van der Waals surface area contributed by atoms with Crippen molar-refractivity contribution in [3.63, 3.8) is 0 Å². The summed E-state index contributed by atoms with van der Waals surface area (Å²) in [6.07, 6.45) is 0. The van der Waals surface area contributed by atoms with Crippen molar-refractivity contribution in [3.8, 4) is 5.69 Å². The molecule has 0 bridgehead atoms. The second kappa shape index (κ2) is 6.16. The standard InChI is InChI=1S/C18H21N3OS/c1-11(2)12(3)19-17(22)16-10-15-13(4)20-21(18(15)23-16)14-8-6-5-7-9-14/h5-12H,1-4H3,(H,19,22). The average Bonchev–Trinajstić information content (AvgIpc) is 3.09. The molecule has 0 spiro atoms. The molecule has 1 amide bonds. The molecule has 2 heterocycles. The number of hydrogen-bond donors (Lipinski definition) is 1. The number of carbonyl (C=O) groups excluding carboxylic acids is 1. The van der Waals surface area contributed by atoms with Crippen LogP contribution in [0.4, 0.5) is 0 Å². The van der Waals surface area contributed by atoms with Crippen LogP contribution in [0.1, 0.15) is 36.1 Å². The van der Waals surface area contributed by atoms with E-state index in [-0.39, 0.29) is 11.9 Å². The Morgan fingerprint density at radius 1 is 1.22 bits per heavy atom. The summed E-state index contributed by atoms with van der Waals surface area (Å²) in [6.45, 7) is 8.22. The first-order chi connectivity index (χ1) is 11.0. The van der Waals surface area contributed by atoms with Gasteiger partial charge in [-0.2, -0.15) is 5.10 Å². The van der Waals surface area contributed by atoms with Crippen LogP contribution < -0.4 is 5.32 Å². The summed E-state index contributed by atoms with van der Waals surface area (Å²) in [5.41, 5.74) is 1.95. The van der Waals surface area contributed by atoms with Gasteiger partial charge in [-0.05, 0) is 38.0 Å². The fourth-order valence-corrected chi connectivity index (χ4v) is 3.43. The molecule has 23 heavy (non-hydrogen) atoms. The van der Waals surface area contributed by atoms with E-state index in [9.17, 15) is 4.79 Å². The van der Waals surface area contributed by atoms with Crippen LogP contribution in [0.25, 0.3) is 15.9 Å². The second-order valence-electron chi connectivity index (χ2n) is 6.17. The van der Waals surface area contributed by atoms with Gasteiger partial charge < -0.3 is 5.32 Å². The van der Waals surface area contributed by atoms with Crippen molar-refractivity contribution in [3.05, 3.63) is 47.0 Å². The number of hydrogen-bond acceptors (Lipinski definition) is 3. The van der Waals surface area contributed by atoms with Crippen molar-refractivity contribution in [2.45, 2.75) is 33.7 Å². The number of carbonyl (C=O) groups is 1. The topological polar surface area (TPSA) is 46.9 Å². The highest BCUT2D eigenvalue weighted by Crippen LogP contribution is 2.30. The van der Waals surface area contributed by atoms with E-state index >= 15 is 0 Å². The van der Waals surface area contributed by atoms with Gasteiger partial charge in [0.25, 0.3) is 5.91 Å². The van der Waals surface area contributed by atoms with Crippen molar-refractivity contribution in [1.82, 2.24) is 15.1 Å². The molecule has 1 N–H and O–H groups in total. The summed E-state index contributed by atoms with van der Waals surface area (Å²) < 4.78 is 1.91. The van der Waals surface area contributed by atoms with Crippen molar-refractivity contribution in [2.24, 2.45) is 5.92 Å². The highest BCUT2D eigenvalue weighted by atomic mass is 32.1. The van der Waals surface area contributed by atoms with E-state index in [1.807, 2.05) is 54.9 Å². The summed E-state index contributed by atoms with van der Waals surface area (Å²) in [4.78, 5) is 14.2. The van der Waals surface area contributed by atoms with Gasteiger partial charge in [0, 0.05) is 11.4 Å². The molecule has 0 saturated heterocycles. The largest absolute Gasteiger partial charge is 0.349 e. The van der Waals surface area contributed by atoms with Gasteiger partial charge in [0.05, 0.1) is 16.3 Å². The Morgan fingerprint density at radius 2 is 1.91 bits per heavy atom. The van der Waals surface area contributed by atoms with Crippen LogP contribution in [0.5, 0.6) is 0 Å². The van der Waals surface area contributed by atoms with Gasteiger partial charge in [-0.25, -0.2) is 4.68 Å². The maximum absolute atomic E-state index is 12.5. The molecule has 3 rings (SSSR count). The summed E-state index contributed by atoms with van der Waals surface area (Å²) in [6, 6.07) is 12.1. The second-order valence-corrected chi connectivity index (χ2v) is 7.20. The molecule has 3 aromatic rings. The molecule has 0 aliphatic heterocycles. The Bertz CT molecular complexity index is 833. The molecule has 0 fully saturated rings. The Labute approximate surface area is 140 Å². The lowest BCUT2D eigenvalue weighted by molar-refractivity contribution is 0.0934. The Balaban J connectivity index is 1.98. The zero-order valence-corrected chi connectivity index (χ0v) is 14.6. The lowest BCUT2D eigenvalue weighted by Crippen LogP contribution is -2.35. The molecule has 0 aliphatic rings. The van der Waals surface area contributed by atoms with Crippen LogP contribution in [0.15, 0.2) is 36.4 Å². The third-order valence-corrected chi connectivity index (χ3v) is 5.24. The molecule has 0 aliphatic carbocycles. The van der Waals surface area contributed by atoms with Gasteiger partial charge in [0.15, 0.2) is 0 Å². The molecule has 1 aromatic carbocycles. The minimum absolute atomic E-state index is 0.00795. The number of rotatable bonds is 4. The maximum Gasteiger partial charge on any atom is 0.261 e. The molecule has 120 valence electrons. The third-order valence-electron chi connectivity index (χ3n) is 4.13. The van der Waals surface area contributed by atoms with E-state index in [1.165, 1.54) is 11.3 Å². The monoisotopic (exact) mass is 327 g/mol. The van der Waals surface area contributed by atoms with Gasteiger partial charge in [0.1, 0.15) is 4.83 Å². The van der Waals surface area contributed by atoms with E-state index in [0.717, 1.165) is 26.5 Å². The number of thiophene rings is 1. The summed E-state index contributed by atoms with van der Waals surface area (Å²) in [5.74, 6) is 0.404. The van der Waals surface area contributed by atoms with E-state index in [1.54, 1.807) is 0 Å². The van der Waals surface area contributed by atoms with Gasteiger partial charge in [-0.15, -0.1) is 11.3 Å². The number of amides is 1. The predicted molar refractivity (Wildman–Crippen MR) is 95.5 cm³/mol. The van der Waals surface area contributed by atoms with Crippen LogP contribution in [-0.4, -0.2) is 21.7 Å². The van der Waals surface area contributed by atoms with Gasteiger partial charge in [-0.1, -0.05) is 32.0 Å². The van der Waals surface area contributed by atoms with Gasteiger partial charge >= 0.3 is 0 Å². The predicted octanol–water partition coefficient (Wildman–Crippen LogP) is 4.17. The highest BCUT2D eigenvalue weighted by Gasteiger charge is 2.19. The molecule has 5 heteroatoms. The lowest BCUT2D eigenvalue weighted by Gasteiger charge is -2.16. The molecule has 4 nitrogen and oxygen atoms in total.